The lowest BCUT2D eigenvalue weighted by atomic mass is 10.0. The molecule has 0 spiro atoms. The average molecular weight is 235 g/mol. The highest BCUT2D eigenvalue weighted by Gasteiger charge is 2.17. The molecule has 79 valence electrons. The third kappa shape index (κ3) is 1.95. The van der Waals surface area contributed by atoms with Crippen LogP contribution in [0.4, 0.5) is 4.39 Å². The number of rotatable bonds is 2. The summed E-state index contributed by atoms with van der Waals surface area (Å²) in [6.45, 7) is 0. The van der Waals surface area contributed by atoms with E-state index in [0.29, 0.717) is 5.56 Å². The standard InChI is InChI=1S/C12H6ClFNO/c13-9-2-1-3-10(14)11(9)12(16)8-4-6-15-7-5-8/h1-2,4-7H. The van der Waals surface area contributed by atoms with Gasteiger partial charge in [-0.15, -0.1) is 0 Å². The summed E-state index contributed by atoms with van der Waals surface area (Å²) in [4.78, 5) is 15.7. The summed E-state index contributed by atoms with van der Waals surface area (Å²) in [6, 6.07) is 8.08. The fraction of sp³-hybridized carbons (Fsp3) is 0. The minimum atomic E-state index is -0.741. The number of hydrogen-bond acceptors (Lipinski definition) is 2. The number of hydrogen-bond donors (Lipinski definition) is 0. The molecule has 1 aromatic carbocycles. The number of aromatic nitrogens is 1. The van der Waals surface area contributed by atoms with Gasteiger partial charge in [-0.05, 0) is 24.3 Å². The molecule has 1 radical (unpaired) electrons. The molecule has 0 saturated heterocycles. The number of carbonyl (C=O) groups excluding carboxylic acids is 1. The van der Waals surface area contributed by atoms with Gasteiger partial charge in [0.15, 0.2) is 5.78 Å². The Balaban J connectivity index is 2.50. The zero-order valence-corrected chi connectivity index (χ0v) is 8.83. The van der Waals surface area contributed by atoms with Crippen LogP contribution in [0.25, 0.3) is 0 Å². The van der Waals surface area contributed by atoms with Gasteiger partial charge in [-0.25, -0.2) is 4.39 Å². The molecular weight excluding hydrogens is 229 g/mol. The minimum absolute atomic E-state index is 0.0815. The average Bonchev–Trinajstić information content (AvgIpc) is 2.30. The van der Waals surface area contributed by atoms with Gasteiger partial charge < -0.3 is 0 Å². The lowest BCUT2D eigenvalue weighted by molar-refractivity contribution is 0.103. The van der Waals surface area contributed by atoms with Crippen molar-refractivity contribution in [2.45, 2.75) is 0 Å². The quantitative estimate of drug-likeness (QED) is 0.748. The van der Waals surface area contributed by atoms with Crippen molar-refractivity contribution in [3.05, 3.63) is 64.7 Å². The molecule has 0 N–H and O–H groups in total. The van der Waals surface area contributed by atoms with Crippen molar-refractivity contribution in [2.75, 3.05) is 0 Å². The van der Waals surface area contributed by atoms with Gasteiger partial charge in [0.2, 0.25) is 0 Å². The molecular formula is C12H6ClFNO. The minimum Gasteiger partial charge on any atom is -0.288 e. The Morgan fingerprint density at radius 2 is 2.00 bits per heavy atom. The number of halogens is 2. The number of pyridine rings is 1. The van der Waals surface area contributed by atoms with Crippen LogP contribution in [-0.4, -0.2) is 10.8 Å². The van der Waals surface area contributed by atoms with Gasteiger partial charge >= 0.3 is 0 Å². The van der Waals surface area contributed by atoms with E-state index in [9.17, 15) is 9.18 Å². The monoisotopic (exact) mass is 234 g/mol. The van der Waals surface area contributed by atoms with Gasteiger partial charge in [0, 0.05) is 24.0 Å². The highest BCUT2D eigenvalue weighted by molar-refractivity contribution is 6.35. The Morgan fingerprint density at radius 3 is 2.62 bits per heavy atom. The molecule has 0 amide bonds. The van der Waals surface area contributed by atoms with Gasteiger partial charge in [-0.3, -0.25) is 9.78 Å². The molecule has 1 aromatic heterocycles. The van der Waals surface area contributed by atoms with Gasteiger partial charge in [-0.1, -0.05) is 11.6 Å². The summed E-state index contributed by atoms with van der Waals surface area (Å²) in [5.41, 5.74) is 0.186. The van der Waals surface area contributed by atoms with Gasteiger partial charge in [0.1, 0.15) is 5.82 Å². The van der Waals surface area contributed by atoms with Crippen LogP contribution >= 0.6 is 11.6 Å². The molecule has 4 heteroatoms. The number of nitrogens with zero attached hydrogens (tertiary/aromatic N) is 1. The molecule has 0 aliphatic rings. The van der Waals surface area contributed by atoms with E-state index in [2.05, 4.69) is 11.1 Å². The molecule has 16 heavy (non-hydrogen) atoms. The first-order chi connectivity index (χ1) is 7.70. The fourth-order valence-electron chi connectivity index (χ4n) is 1.30. The van der Waals surface area contributed by atoms with Crippen molar-refractivity contribution in [2.24, 2.45) is 0 Å². The van der Waals surface area contributed by atoms with E-state index in [-0.39, 0.29) is 10.6 Å². The number of benzene rings is 1. The topological polar surface area (TPSA) is 30.0 Å². The summed E-state index contributed by atoms with van der Waals surface area (Å²) < 4.78 is 13.4. The van der Waals surface area contributed by atoms with E-state index in [0.717, 1.165) is 0 Å². The molecule has 0 unspecified atom stereocenters. The predicted octanol–water partition coefficient (Wildman–Crippen LogP) is 2.91. The van der Waals surface area contributed by atoms with Crippen molar-refractivity contribution >= 4 is 17.4 Å². The van der Waals surface area contributed by atoms with Crippen LogP contribution in [0.3, 0.4) is 0 Å². The first-order valence-electron chi connectivity index (χ1n) is 4.50. The Labute approximate surface area is 96.7 Å². The Morgan fingerprint density at radius 1 is 1.31 bits per heavy atom. The van der Waals surface area contributed by atoms with Crippen LogP contribution in [0.1, 0.15) is 15.9 Å². The summed E-state index contributed by atoms with van der Waals surface area (Å²) >= 11 is 5.78. The molecule has 2 aromatic rings. The van der Waals surface area contributed by atoms with Crippen LogP contribution in [0.5, 0.6) is 0 Å². The molecule has 0 aliphatic heterocycles. The van der Waals surface area contributed by atoms with Crippen molar-refractivity contribution in [1.29, 1.82) is 0 Å². The van der Waals surface area contributed by atoms with E-state index in [4.69, 9.17) is 11.6 Å². The maximum Gasteiger partial charge on any atom is 0.197 e. The summed E-state index contributed by atoms with van der Waals surface area (Å²) in [5.74, 6) is -1.21. The number of ketones is 1. The second-order valence-electron chi connectivity index (χ2n) is 3.08. The van der Waals surface area contributed by atoms with Crippen molar-refractivity contribution in [3.63, 3.8) is 0 Å². The molecule has 0 aliphatic carbocycles. The van der Waals surface area contributed by atoms with Crippen molar-refractivity contribution in [3.8, 4) is 0 Å². The van der Waals surface area contributed by atoms with E-state index < -0.39 is 11.6 Å². The van der Waals surface area contributed by atoms with Gasteiger partial charge in [0.25, 0.3) is 0 Å². The Bertz CT molecular complexity index is 508. The third-order valence-corrected chi connectivity index (χ3v) is 2.38. The van der Waals surface area contributed by atoms with E-state index in [1.165, 1.54) is 36.7 Å². The van der Waals surface area contributed by atoms with E-state index in [1.54, 1.807) is 0 Å². The number of carbonyl (C=O) groups is 1. The molecule has 0 bridgehead atoms. The molecule has 2 rings (SSSR count). The van der Waals surface area contributed by atoms with E-state index >= 15 is 0 Å². The molecule has 0 atom stereocenters. The zero-order chi connectivity index (χ0) is 11.5. The second kappa shape index (κ2) is 4.41. The van der Waals surface area contributed by atoms with Crippen molar-refractivity contribution in [1.82, 2.24) is 4.98 Å². The van der Waals surface area contributed by atoms with E-state index in [1.807, 2.05) is 0 Å². The summed E-state index contributed by atoms with van der Waals surface area (Å²) in [6.07, 6.45) is 2.93. The van der Waals surface area contributed by atoms with Crippen LogP contribution in [-0.2, 0) is 0 Å². The van der Waals surface area contributed by atoms with Crippen LogP contribution in [0.2, 0.25) is 5.02 Å². The molecule has 0 fully saturated rings. The summed E-state index contributed by atoms with van der Waals surface area (Å²) in [5, 5.41) is 0.0815. The zero-order valence-electron chi connectivity index (χ0n) is 8.08. The van der Waals surface area contributed by atoms with Gasteiger partial charge in [-0.2, -0.15) is 0 Å². The molecule has 2 nitrogen and oxygen atoms in total. The lowest BCUT2D eigenvalue weighted by Crippen LogP contribution is -2.05. The highest BCUT2D eigenvalue weighted by Crippen LogP contribution is 2.21. The molecule has 1 heterocycles. The molecule has 0 saturated carbocycles. The van der Waals surface area contributed by atoms with Gasteiger partial charge in [0.05, 0.1) is 10.6 Å². The van der Waals surface area contributed by atoms with Crippen LogP contribution < -0.4 is 0 Å². The first-order valence-corrected chi connectivity index (χ1v) is 4.88. The van der Waals surface area contributed by atoms with Crippen LogP contribution in [0, 0.1) is 11.9 Å². The fourth-order valence-corrected chi connectivity index (χ4v) is 1.54. The SMILES string of the molecule is O=C(c1ccncc1)c1c(F)[c]ccc1Cl. The normalized spacial score (nSPS) is 10.1. The highest BCUT2D eigenvalue weighted by atomic mass is 35.5. The summed E-state index contributed by atoms with van der Waals surface area (Å²) in [7, 11) is 0. The third-order valence-electron chi connectivity index (χ3n) is 2.07. The maximum absolute atomic E-state index is 13.4. The predicted molar refractivity (Wildman–Crippen MR) is 57.9 cm³/mol. The van der Waals surface area contributed by atoms with Crippen molar-refractivity contribution < 1.29 is 9.18 Å². The second-order valence-corrected chi connectivity index (χ2v) is 3.49. The first kappa shape index (κ1) is 10.8. The lowest BCUT2D eigenvalue weighted by Gasteiger charge is -2.03. The smallest absolute Gasteiger partial charge is 0.197 e. The Hall–Kier alpha value is -1.74. The Kier molecular flexibility index (Phi) is 2.97. The largest absolute Gasteiger partial charge is 0.288 e. The van der Waals surface area contributed by atoms with Crippen LogP contribution in [0.15, 0.2) is 36.7 Å². The maximum atomic E-state index is 13.4.